The Morgan fingerprint density at radius 2 is 1.90 bits per heavy atom. The molecule has 4 heterocycles. The molecule has 9 nitrogen and oxygen atoms in total. The Morgan fingerprint density at radius 3 is 2.58 bits per heavy atom. The molecule has 1 amide bonds. The third-order valence-corrected chi connectivity index (χ3v) is 7.92. The van der Waals surface area contributed by atoms with E-state index < -0.39 is 54.5 Å². The number of nitrogens with one attached hydrogen (secondary N) is 3. The van der Waals surface area contributed by atoms with Gasteiger partial charge in [-0.1, -0.05) is 11.3 Å². The number of carbonyl (C=O) groups excluding carboxylic acids is 1. The first-order valence-electron chi connectivity index (χ1n) is 12.1. The fourth-order valence-electron chi connectivity index (χ4n) is 4.80. The SMILES string of the molecule is CNC(c1cc(C2CN(C(C)C(=O)Nc3nc4cc5c(cc4s3)OC(F)(F)O5)CCC2(F)F)c[nH]c1=O)C(F)F. The number of H-pyrrole nitrogens is 1. The number of aromatic nitrogens is 2. The standard InChI is InChI=1S/C24H23F6N5O4S/c1-10(20(36)34-22-33-14-6-15-16(7-17(14)40-22)39-24(29,30)38-15)35-4-3-23(27,28)13(9-35)11-5-12(21(37)32-8-11)18(31-2)19(25)26/h5-8,10,13,18-19,31H,3-4,9H2,1-2H3,(H,32,37)(H,33,34,36). The van der Waals surface area contributed by atoms with E-state index in [1.54, 1.807) is 0 Å². The van der Waals surface area contributed by atoms with Gasteiger partial charge in [-0.3, -0.25) is 14.5 Å². The predicted octanol–water partition coefficient (Wildman–Crippen LogP) is 4.28. The molecular formula is C24H23F6N5O4S. The van der Waals surface area contributed by atoms with Crippen molar-refractivity contribution in [2.45, 2.75) is 50.0 Å². The number of thiazole rings is 1. The van der Waals surface area contributed by atoms with Crippen molar-refractivity contribution in [2.24, 2.45) is 0 Å². The summed E-state index contributed by atoms with van der Waals surface area (Å²) in [7, 11) is 1.23. The molecule has 3 aromatic rings. The summed E-state index contributed by atoms with van der Waals surface area (Å²) in [4.78, 5) is 33.2. The highest BCUT2D eigenvalue weighted by Gasteiger charge is 2.47. The summed E-state index contributed by atoms with van der Waals surface area (Å²) in [5.74, 6) is -5.63. The number of likely N-dealkylation sites (tertiary alicyclic amines) is 1. The van der Waals surface area contributed by atoms with Crippen molar-refractivity contribution in [1.82, 2.24) is 20.2 Å². The normalized spacial score (nSPS) is 21.5. The summed E-state index contributed by atoms with van der Waals surface area (Å²) in [5, 5.41) is 5.09. The number of benzene rings is 1. The number of hydrogen-bond acceptors (Lipinski definition) is 8. The molecule has 0 spiro atoms. The van der Waals surface area contributed by atoms with Crippen LogP contribution in [0.3, 0.4) is 0 Å². The Balaban J connectivity index is 1.32. The summed E-state index contributed by atoms with van der Waals surface area (Å²) in [6.07, 6.45) is -6.25. The van der Waals surface area contributed by atoms with E-state index in [0.717, 1.165) is 23.6 Å². The topological polar surface area (TPSA) is 109 Å². The second-order valence-corrected chi connectivity index (χ2v) is 10.5. The molecule has 3 atom stereocenters. The molecular weight excluding hydrogens is 568 g/mol. The smallest absolute Gasteiger partial charge is 0.395 e. The van der Waals surface area contributed by atoms with E-state index in [1.807, 2.05) is 0 Å². The third kappa shape index (κ3) is 5.34. The Bertz CT molecular complexity index is 1450. The second kappa shape index (κ2) is 10.2. The van der Waals surface area contributed by atoms with E-state index in [9.17, 15) is 27.2 Å². The van der Waals surface area contributed by atoms with Crippen molar-refractivity contribution in [3.8, 4) is 11.5 Å². The molecule has 2 aliphatic rings. The fraction of sp³-hybridized carbons (Fsp3) is 0.458. The number of nitrogens with zero attached hydrogens (tertiary/aromatic N) is 2. The maximum absolute atomic E-state index is 15.0. The highest BCUT2D eigenvalue weighted by molar-refractivity contribution is 7.22. The molecule has 1 aromatic carbocycles. The number of piperidine rings is 1. The number of alkyl halides is 6. The van der Waals surface area contributed by atoms with Crippen LogP contribution in [0.25, 0.3) is 10.2 Å². The summed E-state index contributed by atoms with van der Waals surface area (Å²) in [6, 6.07) is 1.08. The van der Waals surface area contributed by atoms with Crippen LogP contribution in [0.5, 0.6) is 11.5 Å². The lowest BCUT2D eigenvalue weighted by atomic mass is 9.86. The van der Waals surface area contributed by atoms with Crippen LogP contribution in [0.4, 0.5) is 31.5 Å². The number of anilines is 1. The van der Waals surface area contributed by atoms with E-state index in [-0.39, 0.29) is 46.4 Å². The van der Waals surface area contributed by atoms with Crippen LogP contribution < -0.4 is 25.7 Å². The van der Waals surface area contributed by atoms with Crippen molar-refractivity contribution < 1.29 is 40.6 Å². The average Bonchev–Trinajstić information content (AvgIpc) is 3.39. The van der Waals surface area contributed by atoms with Crippen LogP contribution in [-0.4, -0.2) is 65.6 Å². The lowest BCUT2D eigenvalue weighted by Crippen LogP contribution is -2.52. The molecule has 0 radical (unpaired) electrons. The summed E-state index contributed by atoms with van der Waals surface area (Å²) in [5.41, 5.74) is -0.939. The fourth-order valence-corrected chi connectivity index (χ4v) is 5.68. The summed E-state index contributed by atoms with van der Waals surface area (Å²) >= 11 is 1.00. The zero-order chi connectivity index (χ0) is 29.0. The lowest BCUT2D eigenvalue weighted by molar-refractivity contribution is -0.286. The quantitative estimate of drug-likeness (QED) is 0.352. The minimum Gasteiger partial charge on any atom is -0.395 e. The molecule has 1 saturated heterocycles. The van der Waals surface area contributed by atoms with Crippen molar-refractivity contribution >= 4 is 32.6 Å². The van der Waals surface area contributed by atoms with Crippen LogP contribution in [0.2, 0.25) is 0 Å². The Labute approximate surface area is 226 Å². The molecule has 2 aliphatic heterocycles. The molecule has 40 heavy (non-hydrogen) atoms. The van der Waals surface area contributed by atoms with Crippen molar-refractivity contribution in [1.29, 1.82) is 0 Å². The van der Waals surface area contributed by atoms with Gasteiger partial charge in [-0.2, -0.15) is 0 Å². The number of ether oxygens (including phenoxy) is 2. The summed E-state index contributed by atoms with van der Waals surface area (Å²) in [6.45, 7) is 1.11. The molecule has 2 aromatic heterocycles. The van der Waals surface area contributed by atoms with Crippen LogP contribution in [0, 0.1) is 0 Å². The van der Waals surface area contributed by atoms with Gasteiger partial charge in [-0.15, -0.1) is 8.78 Å². The first kappa shape index (κ1) is 28.2. The number of rotatable bonds is 7. The highest BCUT2D eigenvalue weighted by atomic mass is 32.1. The average molecular weight is 592 g/mol. The van der Waals surface area contributed by atoms with Crippen molar-refractivity contribution in [2.75, 3.05) is 25.5 Å². The maximum Gasteiger partial charge on any atom is 0.586 e. The minimum atomic E-state index is -3.78. The van der Waals surface area contributed by atoms with Gasteiger partial charge < -0.3 is 25.1 Å². The van der Waals surface area contributed by atoms with E-state index >= 15 is 8.78 Å². The molecule has 1 fully saturated rings. The van der Waals surface area contributed by atoms with Gasteiger partial charge >= 0.3 is 6.29 Å². The van der Waals surface area contributed by atoms with Gasteiger partial charge in [-0.25, -0.2) is 22.5 Å². The first-order chi connectivity index (χ1) is 18.8. The van der Waals surface area contributed by atoms with E-state index in [0.29, 0.717) is 4.70 Å². The van der Waals surface area contributed by atoms with Crippen molar-refractivity contribution in [3.05, 3.63) is 45.9 Å². The van der Waals surface area contributed by atoms with Gasteiger partial charge in [0.15, 0.2) is 16.6 Å². The first-order valence-corrected chi connectivity index (χ1v) is 12.9. The van der Waals surface area contributed by atoms with Crippen LogP contribution >= 0.6 is 11.3 Å². The second-order valence-electron chi connectivity index (χ2n) is 9.50. The van der Waals surface area contributed by atoms with Crippen LogP contribution in [0.15, 0.2) is 29.2 Å². The number of halogens is 6. The lowest BCUT2D eigenvalue weighted by Gasteiger charge is -2.40. The third-order valence-electron chi connectivity index (χ3n) is 6.98. The Morgan fingerprint density at radius 1 is 1.20 bits per heavy atom. The van der Waals surface area contributed by atoms with E-state index in [2.05, 4.69) is 30.1 Å². The highest BCUT2D eigenvalue weighted by Crippen LogP contribution is 2.45. The number of fused-ring (bicyclic) bond motifs is 2. The molecule has 16 heteroatoms. The Hall–Kier alpha value is -3.37. The van der Waals surface area contributed by atoms with E-state index in [1.165, 1.54) is 31.0 Å². The minimum absolute atomic E-state index is 0.0351. The maximum atomic E-state index is 15.0. The van der Waals surface area contributed by atoms with Gasteiger partial charge in [0.05, 0.1) is 28.2 Å². The molecule has 5 rings (SSSR count). The molecule has 216 valence electrons. The van der Waals surface area contributed by atoms with Crippen LogP contribution in [-0.2, 0) is 4.79 Å². The number of aromatic amines is 1. The van der Waals surface area contributed by atoms with E-state index in [4.69, 9.17) is 0 Å². The zero-order valence-electron chi connectivity index (χ0n) is 20.9. The van der Waals surface area contributed by atoms with Gasteiger partial charge in [0.2, 0.25) is 5.91 Å². The van der Waals surface area contributed by atoms with Gasteiger partial charge in [-0.05, 0) is 25.6 Å². The monoisotopic (exact) mass is 591 g/mol. The molecule has 0 saturated carbocycles. The number of carbonyl (C=O) groups is 1. The number of hydrogen-bond donors (Lipinski definition) is 3. The summed E-state index contributed by atoms with van der Waals surface area (Å²) < 4.78 is 92.8. The van der Waals surface area contributed by atoms with Crippen LogP contribution in [0.1, 0.15) is 36.4 Å². The molecule has 0 bridgehead atoms. The number of pyridine rings is 1. The largest absolute Gasteiger partial charge is 0.586 e. The number of amides is 1. The predicted molar refractivity (Wildman–Crippen MR) is 133 cm³/mol. The molecule has 0 aliphatic carbocycles. The van der Waals surface area contributed by atoms with Crippen molar-refractivity contribution in [3.63, 3.8) is 0 Å². The van der Waals surface area contributed by atoms with Gasteiger partial charge in [0, 0.05) is 43.4 Å². The van der Waals surface area contributed by atoms with Gasteiger partial charge in [0.1, 0.15) is 0 Å². The Kier molecular flexibility index (Phi) is 7.20. The van der Waals surface area contributed by atoms with Gasteiger partial charge in [0.25, 0.3) is 17.9 Å². The molecule has 3 N–H and O–H groups in total. The molecule has 3 unspecified atom stereocenters. The zero-order valence-corrected chi connectivity index (χ0v) is 21.8.